The fourth-order valence-corrected chi connectivity index (χ4v) is 3.43. The zero-order valence-electron chi connectivity index (χ0n) is 15.5. The van der Waals surface area contributed by atoms with Gasteiger partial charge >= 0.3 is 0 Å². The van der Waals surface area contributed by atoms with E-state index in [1.807, 2.05) is 57.7 Å². The molecule has 24 heavy (non-hydrogen) atoms. The highest BCUT2D eigenvalue weighted by Crippen LogP contribution is 2.34. The molecule has 1 aromatic carbocycles. The average Bonchev–Trinajstić information content (AvgIpc) is 2.88. The third kappa shape index (κ3) is 3.55. The summed E-state index contributed by atoms with van der Waals surface area (Å²) >= 11 is 0. The second kappa shape index (κ2) is 7.24. The molecule has 5 heteroatoms. The fraction of sp³-hybridized carbons (Fsp3) is 0.579. The summed E-state index contributed by atoms with van der Waals surface area (Å²) in [6.07, 6.45) is 0.256. The van der Waals surface area contributed by atoms with Gasteiger partial charge in [0.2, 0.25) is 11.8 Å². The predicted molar refractivity (Wildman–Crippen MR) is 95.3 cm³/mol. The normalized spacial score (nSPS) is 17.8. The van der Waals surface area contributed by atoms with Gasteiger partial charge in [-0.2, -0.15) is 0 Å². The van der Waals surface area contributed by atoms with E-state index in [4.69, 9.17) is 4.74 Å². The van der Waals surface area contributed by atoms with Crippen molar-refractivity contribution in [2.75, 3.05) is 18.6 Å². The summed E-state index contributed by atoms with van der Waals surface area (Å²) in [5.74, 6) is 0.395. The van der Waals surface area contributed by atoms with E-state index in [2.05, 4.69) is 0 Å². The van der Waals surface area contributed by atoms with Crippen LogP contribution in [0.15, 0.2) is 18.2 Å². The first-order valence-corrected chi connectivity index (χ1v) is 8.53. The quantitative estimate of drug-likeness (QED) is 0.833. The highest BCUT2D eigenvalue weighted by atomic mass is 16.5. The van der Waals surface area contributed by atoms with Crippen molar-refractivity contribution in [1.82, 2.24) is 4.90 Å². The van der Waals surface area contributed by atoms with Crippen LogP contribution in [0.5, 0.6) is 5.75 Å². The van der Waals surface area contributed by atoms with Crippen LogP contribution in [0.1, 0.15) is 39.7 Å². The lowest BCUT2D eigenvalue weighted by molar-refractivity contribution is -0.139. The molecular weight excluding hydrogens is 304 g/mol. The van der Waals surface area contributed by atoms with Crippen molar-refractivity contribution in [3.63, 3.8) is 0 Å². The summed E-state index contributed by atoms with van der Waals surface area (Å²) in [6.45, 7) is 10.4. The van der Waals surface area contributed by atoms with E-state index in [-0.39, 0.29) is 36.2 Å². The van der Waals surface area contributed by atoms with Crippen LogP contribution < -0.4 is 9.64 Å². The Labute approximate surface area is 144 Å². The zero-order chi connectivity index (χ0) is 18.0. The van der Waals surface area contributed by atoms with Crippen molar-refractivity contribution < 1.29 is 14.3 Å². The number of ether oxygens (including phenoxy) is 1. The lowest BCUT2D eigenvalue weighted by Crippen LogP contribution is -2.45. The van der Waals surface area contributed by atoms with Crippen LogP contribution in [0.2, 0.25) is 0 Å². The lowest BCUT2D eigenvalue weighted by Gasteiger charge is -2.33. The van der Waals surface area contributed by atoms with Crippen LogP contribution in [-0.4, -0.2) is 42.5 Å². The van der Waals surface area contributed by atoms with E-state index < -0.39 is 0 Å². The van der Waals surface area contributed by atoms with Gasteiger partial charge in [0.1, 0.15) is 5.75 Å². The van der Waals surface area contributed by atoms with Gasteiger partial charge in [-0.3, -0.25) is 9.59 Å². The van der Waals surface area contributed by atoms with Crippen LogP contribution in [0.4, 0.5) is 5.69 Å². The smallest absolute Gasteiger partial charge is 0.228 e. The molecule has 1 heterocycles. The summed E-state index contributed by atoms with van der Waals surface area (Å²) in [6, 6.07) is 5.99. The van der Waals surface area contributed by atoms with Crippen molar-refractivity contribution in [3.8, 4) is 5.75 Å². The first-order chi connectivity index (χ1) is 11.3. The summed E-state index contributed by atoms with van der Waals surface area (Å²) < 4.78 is 5.39. The molecule has 5 nitrogen and oxygen atoms in total. The third-order valence-corrected chi connectivity index (χ3v) is 4.47. The standard InChI is InChI=1S/C19H28N2O3/c1-12(2)21(13(3)4)19(23)15-10-18(22)20(11-15)16-9-14(5)7-8-17(16)24-6/h7-9,12-13,15H,10-11H2,1-6H3. The van der Waals surface area contributed by atoms with E-state index >= 15 is 0 Å². The Bertz CT molecular complexity index is 617. The number of benzene rings is 1. The Hall–Kier alpha value is -2.04. The number of carbonyl (C=O) groups excluding carboxylic acids is 2. The molecule has 0 radical (unpaired) electrons. The minimum atomic E-state index is -0.299. The van der Waals surface area contributed by atoms with Gasteiger partial charge in [0.25, 0.3) is 0 Å². The van der Waals surface area contributed by atoms with E-state index in [1.54, 1.807) is 12.0 Å². The number of nitrogens with zero attached hydrogens (tertiary/aromatic N) is 2. The number of hydrogen-bond acceptors (Lipinski definition) is 3. The van der Waals surface area contributed by atoms with Gasteiger partial charge in [0.05, 0.1) is 18.7 Å². The summed E-state index contributed by atoms with van der Waals surface area (Å²) in [7, 11) is 1.59. The van der Waals surface area contributed by atoms with Crippen LogP contribution >= 0.6 is 0 Å². The molecule has 2 rings (SSSR count). The van der Waals surface area contributed by atoms with Crippen LogP contribution in [-0.2, 0) is 9.59 Å². The van der Waals surface area contributed by atoms with Gasteiger partial charge in [-0.25, -0.2) is 0 Å². The predicted octanol–water partition coefficient (Wildman–Crippen LogP) is 3.00. The number of anilines is 1. The molecule has 0 N–H and O–H groups in total. The second-order valence-corrected chi connectivity index (χ2v) is 7.01. The number of carbonyl (C=O) groups is 2. The molecule has 1 aliphatic heterocycles. The third-order valence-electron chi connectivity index (χ3n) is 4.47. The summed E-state index contributed by atoms with van der Waals surface area (Å²) in [5, 5.41) is 0. The Morgan fingerprint density at radius 3 is 2.42 bits per heavy atom. The zero-order valence-corrected chi connectivity index (χ0v) is 15.5. The van der Waals surface area contributed by atoms with E-state index in [1.165, 1.54) is 0 Å². The van der Waals surface area contributed by atoms with E-state index in [9.17, 15) is 9.59 Å². The monoisotopic (exact) mass is 332 g/mol. The molecule has 1 fully saturated rings. The summed E-state index contributed by atoms with van der Waals surface area (Å²) in [4.78, 5) is 29.0. The summed E-state index contributed by atoms with van der Waals surface area (Å²) in [5.41, 5.74) is 1.80. The minimum absolute atomic E-state index is 0.0234. The molecule has 1 unspecified atom stereocenters. The minimum Gasteiger partial charge on any atom is -0.495 e. The molecule has 0 aromatic heterocycles. The first-order valence-electron chi connectivity index (χ1n) is 8.53. The van der Waals surface area contributed by atoms with Crippen molar-refractivity contribution in [2.45, 2.75) is 53.1 Å². The number of methoxy groups -OCH3 is 1. The molecule has 0 spiro atoms. The van der Waals surface area contributed by atoms with Crippen molar-refractivity contribution in [1.29, 1.82) is 0 Å². The molecular formula is C19H28N2O3. The van der Waals surface area contributed by atoms with E-state index in [0.29, 0.717) is 12.3 Å². The number of aryl methyl sites for hydroxylation is 1. The largest absolute Gasteiger partial charge is 0.495 e. The van der Waals surface area contributed by atoms with Crippen LogP contribution in [0.3, 0.4) is 0 Å². The van der Waals surface area contributed by atoms with Gasteiger partial charge in [0, 0.05) is 25.0 Å². The van der Waals surface area contributed by atoms with Crippen molar-refractivity contribution in [3.05, 3.63) is 23.8 Å². The van der Waals surface area contributed by atoms with Gasteiger partial charge in [0.15, 0.2) is 0 Å². The van der Waals surface area contributed by atoms with E-state index in [0.717, 1.165) is 11.3 Å². The highest BCUT2D eigenvalue weighted by molar-refractivity contribution is 6.01. The Balaban J connectivity index is 2.25. The molecule has 1 aromatic rings. The number of amides is 2. The molecule has 2 amide bonds. The van der Waals surface area contributed by atoms with Crippen molar-refractivity contribution >= 4 is 17.5 Å². The Morgan fingerprint density at radius 2 is 1.88 bits per heavy atom. The first kappa shape index (κ1) is 18.3. The lowest BCUT2D eigenvalue weighted by atomic mass is 10.0. The molecule has 1 atom stereocenters. The molecule has 0 saturated carbocycles. The maximum atomic E-state index is 12.9. The van der Waals surface area contributed by atoms with Crippen LogP contribution in [0.25, 0.3) is 0 Å². The fourth-order valence-electron chi connectivity index (χ4n) is 3.43. The van der Waals surface area contributed by atoms with Crippen molar-refractivity contribution in [2.24, 2.45) is 5.92 Å². The number of hydrogen-bond donors (Lipinski definition) is 0. The maximum Gasteiger partial charge on any atom is 0.228 e. The van der Waals surface area contributed by atoms with Gasteiger partial charge in [-0.05, 0) is 52.3 Å². The number of rotatable bonds is 5. The molecule has 1 saturated heterocycles. The second-order valence-electron chi connectivity index (χ2n) is 7.01. The molecule has 0 bridgehead atoms. The van der Waals surface area contributed by atoms with Crippen LogP contribution in [0, 0.1) is 12.8 Å². The molecule has 0 aliphatic carbocycles. The Morgan fingerprint density at radius 1 is 1.25 bits per heavy atom. The van der Waals surface area contributed by atoms with Gasteiger partial charge in [-0.1, -0.05) is 6.07 Å². The SMILES string of the molecule is COc1ccc(C)cc1N1CC(C(=O)N(C(C)C)C(C)C)CC1=O. The highest BCUT2D eigenvalue weighted by Gasteiger charge is 2.39. The molecule has 132 valence electrons. The maximum absolute atomic E-state index is 12.9. The average molecular weight is 332 g/mol. The Kier molecular flexibility index (Phi) is 5.52. The topological polar surface area (TPSA) is 49.9 Å². The van der Waals surface area contributed by atoms with Gasteiger partial charge < -0.3 is 14.5 Å². The van der Waals surface area contributed by atoms with Gasteiger partial charge in [-0.15, -0.1) is 0 Å². The molecule has 1 aliphatic rings.